The Morgan fingerprint density at radius 2 is 1.82 bits per heavy atom. The highest BCUT2D eigenvalue weighted by Gasteiger charge is 2.36. The molecule has 0 aromatic heterocycles. The summed E-state index contributed by atoms with van der Waals surface area (Å²) in [7, 11) is -3.38. The first-order chi connectivity index (χ1) is 8.05. The minimum Gasteiger partial charge on any atom is -0.308 e. The van der Waals surface area contributed by atoms with Crippen LogP contribution in [-0.4, -0.2) is 13.2 Å². The number of rotatable bonds is 6. The largest absolute Gasteiger partial charge is 0.348 e. The Hall–Kier alpha value is -0.220. The average molecular weight is 325 g/mol. The molecule has 0 saturated heterocycles. The Kier molecular flexibility index (Phi) is 5.80. The van der Waals surface area contributed by atoms with E-state index in [1.54, 1.807) is 32.0 Å². The summed E-state index contributed by atoms with van der Waals surface area (Å²) in [5, 5.41) is 0. The van der Waals surface area contributed by atoms with Crippen LogP contribution in [0.15, 0.2) is 24.3 Å². The van der Waals surface area contributed by atoms with Gasteiger partial charge in [0.15, 0.2) is 0 Å². The monoisotopic (exact) mass is 324 g/mol. The Labute approximate surface area is 109 Å². The van der Waals surface area contributed by atoms with Crippen molar-refractivity contribution in [2.45, 2.75) is 18.4 Å². The lowest BCUT2D eigenvalue weighted by Gasteiger charge is -2.22. The Bertz CT molecular complexity index is 403. The molecule has 1 unspecified atom stereocenters. The number of hydrogen-bond donors (Lipinski definition) is 0. The fourth-order valence-corrected chi connectivity index (χ4v) is 4.05. The van der Waals surface area contributed by atoms with Gasteiger partial charge in [-0.15, -0.1) is 0 Å². The zero-order chi connectivity index (χ0) is 12.9. The Morgan fingerprint density at radius 3 is 2.29 bits per heavy atom. The first-order valence-electron chi connectivity index (χ1n) is 5.32. The Balaban J connectivity index is 3.04. The summed E-state index contributed by atoms with van der Waals surface area (Å²) >= 11 is 3.21. The number of alkyl halides is 1. The smallest absolute Gasteiger partial charge is 0.308 e. The quantitative estimate of drug-likeness (QED) is 0.571. The van der Waals surface area contributed by atoms with E-state index < -0.39 is 18.0 Å². The normalized spacial score (nSPS) is 13.6. The van der Waals surface area contributed by atoms with E-state index >= 15 is 0 Å². The van der Waals surface area contributed by atoms with Gasteiger partial charge >= 0.3 is 7.60 Å². The van der Waals surface area contributed by atoms with Crippen LogP contribution in [0.4, 0.5) is 4.39 Å². The summed E-state index contributed by atoms with van der Waals surface area (Å²) < 4.78 is 35.5. The van der Waals surface area contributed by atoms with Crippen molar-refractivity contribution in [2.24, 2.45) is 0 Å². The van der Waals surface area contributed by atoms with Crippen LogP contribution in [0.25, 0.3) is 0 Å². The summed E-state index contributed by atoms with van der Waals surface area (Å²) in [5.74, 6) is -0.436. The zero-order valence-electron chi connectivity index (χ0n) is 9.73. The van der Waals surface area contributed by atoms with Crippen LogP contribution in [0.3, 0.4) is 0 Å². The highest BCUT2D eigenvalue weighted by atomic mass is 79.9. The molecule has 3 nitrogen and oxygen atoms in total. The van der Waals surface area contributed by atoms with Crippen molar-refractivity contribution in [3.63, 3.8) is 0 Å². The molecule has 0 N–H and O–H groups in total. The van der Waals surface area contributed by atoms with Crippen molar-refractivity contribution in [2.75, 3.05) is 13.2 Å². The van der Waals surface area contributed by atoms with Crippen LogP contribution in [0.5, 0.6) is 0 Å². The lowest BCUT2D eigenvalue weighted by atomic mass is 10.2. The van der Waals surface area contributed by atoms with E-state index in [1.165, 1.54) is 6.07 Å². The summed E-state index contributed by atoms with van der Waals surface area (Å²) in [6.07, 6.45) is 0. The Morgan fingerprint density at radius 1 is 1.29 bits per heavy atom. The molecule has 1 rings (SSSR count). The maximum Gasteiger partial charge on any atom is 0.348 e. The fraction of sp³-hybridized carbons (Fsp3) is 0.455. The molecule has 17 heavy (non-hydrogen) atoms. The van der Waals surface area contributed by atoms with Crippen LogP contribution in [0, 0.1) is 5.82 Å². The van der Waals surface area contributed by atoms with Gasteiger partial charge in [0.2, 0.25) is 0 Å². The molecule has 1 atom stereocenters. The summed E-state index contributed by atoms with van der Waals surface area (Å²) in [4.78, 5) is 0. The molecule has 1 aromatic rings. The van der Waals surface area contributed by atoms with E-state index in [0.717, 1.165) is 0 Å². The van der Waals surface area contributed by atoms with Crippen LogP contribution in [0.2, 0.25) is 0 Å². The van der Waals surface area contributed by atoms with Gasteiger partial charge in [-0.05, 0) is 19.9 Å². The second-order valence-electron chi connectivity index (χ2n) is 3.23. The third-order valence-corrected chi connectivity index (χ3v) is 6.13. The van der Waals surface area contributed by atoms with E-state index in [1.807, 2.05) is 0 Å². The molecule has 0 bridgehead atoms. The third kappa shape index (κ3) is 3.62. The third-order valence-electron chi connectivity index (χ3n) is 2.06. The van der Waals surface area contributed by atoms with Crippen LogP contribution in [0.1, 0.15) is 24.0 Å². The summed E-state index contributed by atoms with van der Waals surface area (Å²) in [5.41, 5.74) is 0.276. The SMILES string of the molecule is CCOP(=O)(OCC)C(Br)c1ccccc1F. The van der Waals surface area contributed by atoms with Gasteiger partial charge in [0.25, 0.3) is 0 Å². The van der Waals surface area contributed by atoms with Gasteiger partial charge in [0.1, 0.15) is 10.4 Å². The maximum atomic E-state index is 13.6. The maximum absolute atomic E-state index is 13.6. The first kappa shape index (κ1) is 14.8. The fourth-order valence-electron chi connectivity index (χ4n) is 1.37. The molecule has 0 fully saturated rings. The first-order valence-corrected chi connectivity index (χ1v) is 7.85. The molecule has 1 aromatic carbocycles. The van der Waals surface area contributed by atoms with Crippen molar-refractivity contribution in [1.82, 2.24) is 0 Å². The predicted molar refractivity (Wildman–Crippen MR) is 68.9 cm³/mol. The van der Waals surface area contributed by atoms with Gasteiger partial charge < -0.3 is 9.05 Å². The van der Waals surface area contributed by atoms with Gasteiger partial charge in [-0.3, -0.25) is 4.57 Å². The number of halogens is 2. The molecule has 6 heteroatoms. The van der Waals surface area contributed by atoms with Gasteiger partial charge in [-0.2, -0.15) is 0 Å². The van der Waals surface area contributed by atoms with E-state index in [4.69, 9.17) is 9.05 Å². The topological polar surface area (TPSA) is 35.5 Å². The average Bonchev–Trinajstić information content (AvgIpc) is 2.29. The molecule has 0 heterocycles. The van der Waals surface area contributed by atoms with Crippen molar-refractivity contribution >= 4 is 23.5 Å². The van der Waals surface area contributed by atoms with Crippen LogP contribution in [-0.2, 0) is 13.6 Å². The summed E-state index contributed by atoms with van der Waals surface area (Å²) in [6, 6.07) is 6.12. The van der Waals surface area contributed by atoms with E-state index in [9.17, 15) is 8.96 Å². The second-order valence-corrected chi connectivity index (χ2v) is 6.97. The minimum absolute atomic E-state index is 0.244. The van der Waals surface area contributed by atoms with Gasteiger partial charge in [0.05, 0.1) is 13.2 Å². The van der Waals surface area contributed by atoms with E-state index in [2.05, 4.69) is 15.9 Å². The van der Waals surface area contributed by atoms with Crippen molar-refractivity contribution in [3.8, 4) is 0 Å². The molecule has 0 amide bonds. The molecule has 96 valence electrons. The van der Waals surface area contributed by atoms with Gasteiger partial charge in [-0.1, -0.05) is 34.1 Å². The van der Waals surface area contributed by atoms with Crippen molar-refractivity contribution in [3.05, 3.63) is 35.6 Å². The van der Waals surface area contributed by atoms with Crippen molar-refractivity contribution in [1.29, 1.82) is 0 Å². The number of hydrogen-bond acceptors (Lipinski definition) is 3. The molecule has 0 aliphatic carbocycles. The van der Waals surface area contributed by atoms with E-state index in [0.29, 0.717) is 0 Å². The molecule has 0 saturated carbocycles. The lowest BCUT2D eigenvalue weighted by molar-refractivity contribution is 0.218. The van der Waals surface area contributed by atoms with E-state index in [-0.39, 0.29) is 18.8 Å². The van der Waals surface area contributed by atoms with Crippen LogP contribution >= 0.6 is 23.5 Å². The lowest BCUT2D eigenvalue weighted by Crippen LogP contribution is -2.03. The standard InChI is InChI=1S/C11H15BrFO3P/c1-3-15-17(14,16-4-2)11(12)9-7-5-6-8-10(9)13/h5-8,11H,3-4H2,1-2H3. The van der Waals surface area contributed by atoms with Crippen LogP contribution < -0.4 is 0 Å². The highest BCUT2D eigenvalue weighted by molar-refractivity contribution is 9.10. The molecule has 0 aliphatic rings. The minimum atomic E-state index is -3.38. The van der Waals surface area contributed by atoms with Crippen molar-refractivity contribution < 1.29 is 18.0 Å². The molecular formula is C11H15BrFO3P. The molecule has 0 spiro atoms. The second kappa shape index (κ2) is 6.64. The zero-order valence-corrected chi connectivity index (χ0v) is 12.2. The van der Waals surface area contributed by atoms with Gasteiger partial charge in [-0.25, -0.2) is 4.39 Å². The molecular weight excluding hydrogens is 310 g/mol. The highest BCUT2D eigenvalue weighted by Crippen LogP contribution is 2.64. The number of benzene rings is 1. The summed E-state index contributed by atoms with van der Waals surface area (Å²) in [6.45, 7) is 3.92. The molecule has 0 radical (unpaired) electrons. The molecule has 0 aliphatic heterocycles. The van der Waals surface area contributed by atoms with Gasteiger partial charge in [0, 0.05) is 5.56 Å². The predicted octanol–water partition coefficient (Wildman–Crippen LogP) is 4.49.